The standard InChI is InChI=1S/C18H27NO2/c1-13-9-10-14(2)17(15(13)3)21-12-11-19-18(20)16-7-5-4-6-8-16/h9-10,16H,4-8,11-12H2,1-3H3,(H,19,20). The van der Waals surface area contributed by atoms with Gasteiger partial charge in [0.25, 0.3) is 0 Å². The highest BCUT2D eigenvalue weighted by Crippen LogP contribution is 2.26. The third-order valence-corrected chi connectivity index (χ3v) is 4.50. The van der Waals surface area contributed by atoms with E-state index >= 15 is 0 Å². The lowest BCUT2D eigenvalue weighted by molar-refractivity contribution is -0.126. The monoisotopic (exact) mass is 289 g/mol. The van der Waals surface area contributed by atoms with Crippen LogP contribution in [0.1, 0.15) is 48.8 Å². The summed E-state index contributed by atoms with van der Waals surface area (Å²) < 4.78 is 5.87. The fourth-order valence-electron chi connectivity index (χ4n) is 2.98. The molecule has 3 nitrogen and oxygen atoms in total. The van der Waals surface area contributed by atoms with Crippen molar-refractivity contribution in [2.75, 3.05) is 13.2 Å². The van der Waals surface area contributed by atoms with Crippen molar-refractivity contribution >= 4 is 5.91 Å². The van der Waals surface area contributed by atoms with E-state index in [0.717, 1.165) is 24.2 Å². The van der Waals surface area contributed by atoms with Gasteiger partial charge in [0.2, 0.25) is 5.91 Å². The van der Waals surface area contributed by atoms with Gasteiger partial charge >= 0.3 is 0 Å². The van der Waals surface area contributed by atoms with Crippen LogP contribution in [0, 0.1) is 26.7 Å². The highest BCUT2D eigenvalue weighted by atomic mass is 16.5. The van der Waals surface area contributed by atoms with E-state index in [9.17, 15) is 4.79 Å². The Labute approximate surface area is 128 Å². The third-order valence-electron chi connectivity index (χ3n) is 4.50. The summed E-state index contributed by atoms with van der Waals surface area (Å²) in [6, 6.07) is 4.20. The lowest BCUT2D eigenvalue weighted by Crippen LogP contribution is -2.34. The van der Waals surface area contributed by atoms with Crippen LogP contribution >= 0.6 is 0 Å². The van der Waals surface area contributed by atoms with Crippen LogP contribution in [0.4, 0.5) is 0 Å². The smallest absolute Gasteiger partial charge is 0.223 e. The number of hydrogen-bond donors (Lipinski definition) is 1. The molecule has 21 heavy (non-hydrogen) atoms. The Hall–Kier alpha value is -1.51. The second kappa shape index (κ2) is 7.48. The molecule has 2 rings (SSSR count). The molecule has 1 aromatic carbocycles. The summed E-state index contributed by atoms with van der Waals surface area (Å²) in [6.07, 6.45) is 5.75. The van der Waals surface area contributed by atoms with Gasteiger partial charge in [-0.05, 0) is 50.3 Å². The van der Waals surface area contributed by atoms with Gasteiger partial charge in [-0.1, -0.05) is 31.4 Å². The quantitative estimate of drug-likeness (QED) is 0.840. The minimum Gasteiger partial charge on any atom is -0.491 e. The molecule has 0 spiro atoms. The van der Waals surface area contributed by atoms with Gasteiger partial charge in [-0.15, -0.1) is 0 Å². The number of amides is 1. The van der Waals surface area contributed by atoms with E-state index in [1.54, 1.807) is 0 Å². The topological polar surface area (TPSA) is 38.3 Å². The molecule has 1 saturated carbocycles. The number of hydrogen-bond acceptors (Lipinski definition) is 2. The van der Waals surface area contributed by atoms with Crippen molar-refractivity contribution in [3.05, 3.63) is 28.8 Å². The van der Waals surface area contributed by atoms with Crippen LogP contribution in [0.5, 0.6) is 5.75 Å². The Morgan fingerprint density at radius 2 is 1.81 bits per heavy atom. The number of carbonyl (C=O) groups excluding carboxylic acids is 1. The van der Waals surface area contributed by atoms with E-state index < -0.39 is 0 Å². The number of aryl methyl sites for hydroxylation is 2. The Morgan fingerprint density at radius 1 is 1.14 bits per heavy atom. The van der Waals surface area contributed by atoms with E-state index in [0.29, 0.717) is 13.2 Å². The summed E-state index contributed by atoms with van der Waals surface area (Å²) >= 11 is 0. The minimum atomic E-state index is 0.205. The van der Waals surface area contributed by atoms with Crippen molar-refractivity contribution in [2.45, 2.75) is 52.9 Å². The summed E-state index contributed by atoms with van der Waals surface area (Å²) in [6.45, 7) is 7.35. The van der Waals surface area contributed by atoms with Crippen molar-refractivity contribution in [1.82, 2.24) is 5.32 Å². The molecule has 0 unspecified atom stereocenters. The normalized spacial score (nSPS) is 15.8. The average molecular weight is 289 g/mol. The van der Waals surface area contributed by atoms with Crippen molar-refractivity contribution in [3.8, 4) is 5.75 Å². The summed E-state index contributed by atoms with van der Waals surface area (Å²) in [5.41, 5.74) is 3.58. The van der Waals surface area contributed by atoms with Crippen LogP contribution in [0.2, 0.25) is 0 Å². The maximum Gasteiger partial charge on any atom is 0.223 e. The molecule has 0 atom stereocenters. The molecule has 1 aromatic rings. The van der Waals surface area contributed by atoms with Gasteiger partial charge in [0.1, 0.15) is 12.4 Å². The molecule has 1 N–H and O–H groups in total. The van der Waals surface area contributed by atoms with Gasteiger partial charge < -0.3 is 10.1 Å². The molecule has 3 heteroatoms. The van der Waals surface area contributed by atoms with E-state index in [-0.39, 0.29) is 11.8 Å². The number of benzene rings is 1. The zero-order valence-corrected chi connectivity index (χ0v) is 13.5. The second-order valence-electron chi connectivity index (χ2n) is 6.13. The summed E-state index contributed by atoms with van der Waals surface area (Å²) in [5.74, 6) is 1.39. The van der Waals surface area contributed by atoms with E-state index in [2.05, 4.69) is 38.2 Å². The van der Waals surface area contributed by atoms with Gasteiger partial charge in [-0.25, -0.2) is 0 Å². The molecule has 0 heterocycles. The van der Waals surface area contributed by atoms with Crippen LogP contribution in [0.25, 0.3) is 0 Å². The van der Waals surface area contributed by atoms with Crippen molar-refractivity contribution < 1.29 is 9.53 Å². The molecule has 0 saturated heterocycles. The highest BCUT2D eigenvalue weighted by molar-refractivity contribution is 5.78. The lowest BCUT2D eigenvalue weighted by Gasteiger charge is -2.21. The zero-order chi connectivity index (χ0) is 15.2. The number of ether oxygens (including phenoxy) is 1. The fourth-order valence-corrected chi connectivity index (χ4v) is 2.98. The molecule has 1 aliphatic rings. The molecular weight excluding hydrogens is 262 g/mol. The Morgan fingerprint density at radius 3 is 2.52 bits per heavy atom. The number of nitrogens with one attached hydrogen (secondary N) is 1. The number of rotatable bonds is 5. The van der Waals surface area contributed by atoms with E-state index in [4.69, 9.17) is 4.74 Å². The molecule has 0 bridgehead atoms. The van der Waals surface area contributed by atoms with Gasteiger partial charge in [0.05, 0.1) is 6.54 Å². The maximum absolute atomic E-state index is 12.0. The van der Waals surface area contributed by atoms with Crippen LogP contribution in [-0.2, 0) is 4.79 Å². The van der Waals surface area contributed by atoms with Crippen LogP contribution in [0.15, 0.2) is 12.1 Å². The van der Waals surface area contributed by atoms with Crippen molar-refractivity contribution in [2.24, 2.45) is 5.92 Å². The van der Waals surface area contributed by atoms with Crippen molar-refractivity contribution in [3.63, 3.8) is 0 Å². The molecule has 0 radical (unpaired) electrons. The molecule has 1 amide bonds. The lowest BCUT2D eigenvalue weighted by atomic mass is 9.89. The first-order chi connectivity index (χ1) is 10.1. The molecule has 0 aliphatic heterocycles. The predicted molar refractivity (Wildman–Crippen MR) is 85.7 cm³/mol. The van der Waals surface area contributed by atoms with Gasteiger partial charge in [0.15, 0.2) is 0 Å². The molecular formula is C18H27NO2. The van der Waals surface area contributed by atoms with Crippen LogP contribution in [-0.4, -0.2) is 19.1 Å². The average Bonchev–Trinajstić information content (AvgIpc) is 2.51. The summed E-state index contributed by atoms with van der Waals surface area (Å²) in [4.78, 5) is 12.0. The first-order valence-corrected chi connectivity index (χ1v) is 8.07. The zero-order valence-electron chi connectivity index (χ0n) is 13.5. The SMILES string of the molecule is Cc1ccc(C)c(OCCNC(=O)C2CCCCC2)c1C. The van der Waals surface area contributed by atoms with Gasteiger partial charge in [-0.2, -0.15) is 0 Å². The number of carbonyl (C=O) groups is 1. The molecule has 1 aliphatic carbocycles. The Kier molecular flexibility index (Phi) is 5.66. The van der Waals surface area contributed by atoms with E-state index in [1.807, 2.05) is 0 Å². The second-order valence-corrected chi connectivity index (χ2v) is 6.13. The summed E-state index contributed by atoms with van der Waals surface area (Å²) in [5, 5.41) is 3.01. The van der Waals surface area contributed by atoms with Gasteiger partial charge in [0, 0.05) is 5.92 Å². The van der Waals surface area contributed by atoms with E-state index in [1.165, 1.54) is 30.4 Å². The van der Waals surface area contributed by atoms with Crippen LogP contribution < -0.4 is 10.1 Å². The molecule has 116 valence electrons. The van der Waals surface area contributed by atoms with Crippen molar-refractivity contribution in [1.29, 1.82) is 0 Å². The largest absolute Gasteiger partial charge is 0.491 e. The van der Waals surface area contributed by atoms with Crippen LogP contribution in [0.3, 0.4) is 0 Å². The molecule has 0 aromatic heterocycles. The maximum atomic E-state index is 12.0. The fraction of sp³-hybridized carbons (Fsp3) is 0.611. The summed E-state index contributed by atoms with van der Waals surface area (Å²) in [7, 11) is 0. The first kappa shape index (κ1) is 15.9. The molecule has 1 fully saturated rings. The minimum absolute atomic E-state index is 0.205. The Balaban J connectivity index is 1.77. The van der Waals surface area contributed by atoms with Gasteiger partial charge in [-0.3, -0.25) is 4.79 Å². The predicted octanol–water partition coefficient (Wildman–Crippen LogP) is 3.69. The first-order valence-electron chi connectivity index (χ1n) is 8.07. The third kappa shape index (κ3) is 4.23. The Bertz CT molecular complexity index is 490. The highest BCUT2D eigenvalue weighted by Gasteiger charge is 2.20.